The summed E-state index contributed by atoms with van der Waals surface area (Å²) in [5.41, 5.74) is -4.58. The van der Waals surface area contributed by atoms with Crippen molar-refractivity contribution in [1.29, 1.82) is 0 Å². The number of rotatable bonds is 4. The normalized spacial score (nSPS) is 11.4. The molecule has 0 atom stereocenters. The van der Waals surface area contributed by atoms with Gasteiger partial charge in [0, 0.05) is 19.2 Å². The highest BCUT2D eigenvalue weighted by Gasteiger charge is 2.35. The summed E-state index contributed by atoms with van der Waals surface area (Å²) in [5.74, 6) is -4.44. The van der Waals surface area contributed by atoms with Crippen LogP contribution >= 0.6 is 0 Å². The van der Waals surface area contributed by atoms with Crippen LogP contribution in [0.15, 0.2) is 46.0 Å². The van der Waals surface area contributed by atoms with Gasteiger partial charge >= 0.3 is 11.9 Å². The van der Waals surface area contributed by atoms with Crippen LogP contribution in [0.4, 0.5) is 22.0 Å². The molecule has 0 fully saturated rings. The van der Waals surface area contributed by atoms with E-state index in [9.17, 15) is 31.5 Å². The molecule has 30 heavy (non-hydrogen) atoms. The molecule has 12 heteroatoms. The van der Waals surface area contributed by atoms with Gasteiger partial charge in [0.05, 0.1) is 7.11 Å². The van der Waals surface area contributed by atoms with Crippen LogP contribution < -0.4 is 20.7 Å². The summed E-state index contributed by atoms with van der Waals surface area (Å²) in [6.45, 7) is 0. The predicted octanol–water partition coefficient (Wildman–Crippen LogP) is 3.03. The highest BCUT2D eigenvalue weighted by Crippen LogP contribution is 2.32. The van der Waals surface area contributed by atoms with Gasteiger partial charge in [0.25, 0.3) is 11.4 Å². The van der Waals surface area contributed by atoms with Crippen LogP contribution in [0.25, 0.3) is 5.82 Å². The molecule has 0 radical (unpaired) electrons. The molecule has 3 rings (SSSR count). The number of hydrogen-bond donors (Lipinski definition) is 0. The van der Waals surface area contributed by atoms with E-state index < -0.39 is 46.5 Å². The number of halogens is 5. The fourth-order valence-corrected chi connectivity index (χ4v) is 2.57. The topological polar surface area (TPSA) is 75.3 Å². The van der Waals surface area contributed by atoms with E-state index in [0.717, 1.165) is 7.05 Å². The van der Waals surface area contributed by atoms with Crippen molar-refractivity contribution >= 4 is 0 Å². The summed E-state index contributed by atoms with van der Waals surface area (Å²) in [6.07, 6.45) is -5.00. The Morgan fingerprint density at radius 3 is 2.23 bits per heavy atom. The molecule has 2 heterocycles. The van der Waals surface area contributed by atoms with Gasteiger partial charge in [-0.2, -0.15) is 18.2 Å². The lowest BCUT2D eigenvalue weighted by Crippen LogP contribution is -2.41. The molecule has 0 N–H and O–H groups in total. The van der Waals surface area contributed by atoms with Crippen LogP contribution in [0.5, 0.6) is 17.4 Å². The Balaban J connectivity index is 2.19. The maximum Gasteiger partial charge on any atom is 0.431 e. The van der Waals surface area contributed by atoms with E-state index in [1.165, 1.54) is 25.3 Å². The first-order chi connectivity index (χ1) is 14.0. The first kappa shape index (κ1) is 21.0. The SMILES string of the molecule is COc1ccccc1Oc1nc(-n2c(=O)cc(C(F)(F)F)n(C)c2=O)c(F)cc1F. The Hall–Kier alpha value is -3.70. The van der Waals surface area contributed by atoms with E-state index >= 15 is 0 Å². The van der Waals surface area contributed by atoms with E-state index in [1.54, 1.807) is 6.07 Å². The van der Waals surface area contributed by atoms with Crippen LogP contribution in [0.3, 0.4) is 0 Å². The summed E-state index contributed by atoms with van der Waals surface area (Å²) in [4.78, 5) is 28.0. The lowest BCUT2D eigenvalue weighted by Gasteiger charge is -2.15. The minimum absolute atomic E-state index is 0.0170. The second kappa shape index (κ2) is 7.61. The molecule has 0 aliphatic carbocycles. The summed E-state index contributed by atoms with van der Waals surface area (Å²) < 4.78 is 77.8. The molecule has 0 aliphatic rings. The Morgan fingerprint density at radius 1 is 1.00 bits per heavy atom. The molecule has 0 aliphatic heterocycles. The van der Waals surface area contributed by atoms with Crippen molar-refractivity contribution in [2.45, 2.75) is 6.18 Å². The van der Waals surface area contributed by atoms with Gasteiger partial charge in [0.1, 0.15) is 5.69 Å². The number of pyridine rings is 1. The monoisotopic (exact) mass is 429 g/mol. The van der Waals surface area contributed by atoms with Crippen LogP contribution in [-0.4, -0.2) is 21.2 Å². The molecular formula is C18H12F5N3O4. The van der Waals surface area contributed by atoms with Gasteiger partial charge in [-0.05, 0) is 12.1 Å². The van der Waals surface area contributed by atoms with Crippen molar-refractivity contribution in [3.05, 3.63) is 74.6 Å². The van der Waals surface area contributed by atoms with Gasteiger partial charge in [-0.1, -0.05) is 12.1 Å². The smallest absolute Gasteiger partial charge is 0.431 e. The third-order valence-electron chi connectivity index (χ3n) is 3.98. The van der Waals surface area contributed by atoms with Crippen LogP contribution in [-0.2, 0) is 13.2 Å². The summed E-state index contributed by atoms with van der Waals surface area (Å²) >= 11 is 0. The average molecular weight is 429 g/mol. The highest BCUT2D eigenvalue weighted by molar-refractivity contribution is 5.42. The Bertz CT molecular complexity index is 1230. The maximum absolute atomic E-state index is 14.3. The van der Waals surface area contributed by atoms with Crippen LogP contribution in [0.2, 0.25) is 0 Å². The van der Waals surface area contributed by atoms with Gasteiger partial charge in [0.15, 0.2) is 29.0 Å². The first-order valence-electron chi connectivity index (χ1n) is 8.12. The first-order valence-corrected chi connectivity index (χ1v) is 8.12. The number of alkyl halides is 3. The lowest BCUT2D eigenvalue weighted by atomic mass is 10.3. The molecule has 2 aromatic heterocycles. The standard InChI is InChI=1S/C18H12F5N3O4/c1-25-13(18(21,22)23)8-14(27)26(17(25)28)15-9(19)7-10(20)16(24-15)30-12-6-4-3-5-11(12)29-2/h3-8H,1-2H3. The number of ether oxygens (including phenoxy) is 2. The quantitative estimate of drug-likeness (QED) is 0.596. The zero-order chi connectivity index (χ0) is 22.2. The van der Waals surface area contributed by atoms with Crippen LogP contribution in [0.1, 0.15) is 5.69 Å². The molecule has 0 spiro atoms. The van der Waals surface area contributed by atoms with Crippen molar-refractivity contribution in [3.63, 3.8) is 0 Å². The van der Waals surface area contributed by atoms with Crippen LogP contribution in [0, 0.1) is 11.6 Å². The molecule has 0 unspecified atom stereocenters. The van der Waals surface area contributed by atoms with Gasteiger partial charge in [-0.3, -0.25) is 9.36 Å². The number of benzene rings is 1. The second-order valence-corrected chi connectivity index (χ2v) is 5.88. The van der Waals surface area contributed by atoms with E-state index in [1.807, 2.05) is 0 Å². The molecule has 0 saturated carbocycles. The van der Waals surface area contributed by atoms with E-state index in [-0.39, 0.29) is 32.8 Å². The van der Waals surface area contributed by atoms with Gasteiger partial charge in [-0.15, -0.1) is 0 Å². The maximum atomic E-state index is 14.3. The average Bonchev–Trinajstić information content (AvgIpc) is 2.67. The van der Waals surface area contributed by atoms with Gasteiger partial charge in [0.2, 0.25) is 0 Å². The number of aromatic nitrogens is 3. The molecule has 7 nitrogen and oxygen atoms in total. The fourth-order valence-electron chi connectivity index (χ4n) is 2.57. The highest BCUT2D eigenvalue weighted by atomic mass is 19.4. The Kier molecular flexibility index (Phi) is 5.33. The van der Waals surface area contributed by atoms with Crippen molar-refractivity contribution in [2.24, 2.45) is 7.05 Å². The van der Waals surface area contributed by atoms with Gasteiger partial charge < -0.3 is 9.47 Å². The Morgan fingerprint density at radius 2 is 1.63 bits per heavy atom. The summed E-state index contributed by atoms with van der Waals surface area (Å²) in [7, 11) is 2.06. The zero-order valence-corrected chi connectivity index (χ0v) is 15.3. The molecule has 1 aromatic carbocycles. The van der Waals surface area contributed by atoms with E-state index in [0.29, 0.717) is 0 Å². The second-order valence-electron chi connectivity index (χ2n) is 5.88. The minimum atomic E-state index is -5.00. The third-order valence-corrected chi connectivity index (χ3v) is 3.98. The molecule has 0 saturated heterocycles. The van der Waals surface area contributed by atoms with E-state index in [2.05, 4.69) is 4.98 Å². The van der Waals surface area contributed by atoms with Gasteiger partial charge in [-0.25, -0.2) is 18.1 Å². The molecule has 3 aromatic rings. The van der Waals surface area contributed by atoms with E-state index in [4.69, 9.17) is 9.47 Å². The fraction of sp³-hybridized carbons (Fsp3) is 0.167. The number of para-hydroxylation sites is 2. The minimum Gasteiger partial charge on any atom is -0.493 e. The largest absolute Gasteiger partial charge is 0.493 e. The summed E-state index contributed by atoms with van der Waals surface area (Å²) in [6, 6.07) is 6.37. The van der Waals surface area contributed by atoms with Crippen molar-refractivity contribution in [1.82, 2.24) is 14.1 Å². The molecule has 0 amide bonds. The lowest BCUT2D eigenvalue weighted by molar-refractivity contribution is -0.144. The zero-order valence-electron chi connectivity index (χ0n) is 15.3. The number of hydrogen-bond acceptors (Lipinski definition) is 5. The third kappa shape index (κ3) is 3.75. The number of nitrogens with zero attached hydrogens (tertiary/aromatic N) is 3. The summed E-state index contributed by atoms with van der Waals surface area (Å²) in [5, 5.41) is 0. The molecular weight excluding hydrogens is 417 g/mol. The van der Waals surface area contributed by atoms with Crippen molar-refractivity contribution in [2.75, 3.05) is 7.11 Å². The number of methoxy groups -OCH3 is 1. The van der Waals surface area contributed by atoms with Crippen molar-refractivity contribution < 1.29 is 31.4 Å². The predicted molar refractivity (Wildman–Crippen MR) is 93.1 cm³/mol. The molecule has 0 bridgehead atoms. The Labute approximate surface area is 164 Å². The van der Waals surface area contributed by atoms with Crippen molar-refractivity contribution in [3.8, 4) is 23.2 Å². The molecule has 158 valence electrons.